The van der Waals surface area contributed by atoms with Crippen molar-refractivity contribution in [3.8, 4) is 11.8 Å². The summed E-state index contributed by atoms with van der Waals surface area (Å²) in [6, 6.07) is 12.6. The van der Waals surface area contributed by atoms with Gasteiger partial charge in [-0.1, -0.05) is 19.4 Å². The Morgan fingerprint density at radius 1 is 1.32 bits per heavy atom. The smallest absolute Gasteiger partial charge is 0.140 e. The predicted molar refractivity (Wildman–Crippen MR) is 83.1 cm³/mol. The molecule has 22 heavy (non-hydrogen) atoms. The largest absolute Gasteiger partial charge is 0.484 e. The lowest BCUT2D eigenvalue weighted by Crippen LogP contribution is -2.09. The molecule has 0 aliphatic rings. The molecule has 0 aliphatic heterocycles. The van der Waals surface area contributed by atoms with Crippen LogP contribution in [0.2, 0.25) is 0 Å². The maximum Gasteiger partial charge on any atom is 0.140 e. The van der Waals surface area contributed by atoms with Crippen molar-refractivity contribution in [2.24, 2.45) is 0 Å². The Labute approximate surface area is 130 Å². The fraction of sp³-hybridized carbons (Fsp3) is 0.333. The van der Waals surface area contributed by atoms with Crippen LogP contribution in [0.15, 0.2) is 42.6 Å². The third-order valence-corrected chi connectivity index (χ3v) is 3.46. The summed E-state index contributed by atoms with van der Waals surface area (Å²) in [5, 5.41) is 8.95. The number of hydrogen-bond acceptors (Lipinski definition) is 3. The Balaban J connectivity index is 2.22. The van der Waals surface area contributed by atoms with Crippen LogP contribution in [-0.4, -0.2) is 4.98 Å². The van der Waals surface area contributed by atoms with E-state index in [4.69, 9.17) is 10.00 Å². The summed E-state index contributed by atoms with van der Waals surface area (Å²) in [7, 11) is 0. The fourth-order valence-electron chi connectivity index (χ4n) is 2.25. The first-order chi connectivity index (χ1) is 10.8. The zero-order valence-electron chi connectivity index (χ0n) is 12.6. The maximum absolute atomic E-state index is 13.0. The van der Waals surface area contributed by atoms with Crippen LogP contribution in [0.5, 0.6) is 5.75 Å². The quantitative estimate of drug-likeness (QED) is 0.742. The Kier molecular flexibility index (Phi) is 5.91. The maximum atomic E-state index is 13.0. The standard InChI is InChI=1S/C18H19FN2O/c1-2-3-7-18(17-6-4-5-10-21-17)22-16-9-8-14(13-20)15(11-16)12-19/h4-6,8-11,18H,2-3,7,12H2,1H3. The zero-order chi connectivity index (χ0) is 15.8. The van der Waals surface area contributed by atoms with E-state index in [0.29, 0.717) is 16.9 Å². The molecule has 3 nitrogen and oxygen atoms in total. The number of hydrogen-bond donors (Lipinski definition) is 0. The van der Waals surface area contributed by atoms with E-state index in [2.05, 4.69) is 11.9 Å². The van der Waals surface area contributed by atoms with E-state index < -0.39 is 6.67 Å². The van der Waals surface area contributed by atoms with Gasteiger partial charge in [0.25, 0.3) is 0 Å². The molecule has 0 saturated carbocycles. The van der Waals surface area contributed by atoms with Crippen LogP contribution in [0, 0.1) is 11.3 Å². The molecule has 2 aromatic rings. The van der Waals surface area contributed by atoms with E-state index >= 15 is 0 Å². The van der Waals surface area contributed by atoms with Crippen LogP contribution in [0.1, 0.15) is 49.1 Å². The van der Waals surface area contributed by atoms with Crippen LogP contribution in [0.25, 0.3) is 0 Å². The third-order valence-electron chi connectivity index (χ3n) is 3.46. The second-order valence-corrected chi connectivity index (χ2v) is 5.07. The summed E-state index contributed by atoms with van der Waals surface area (Å²) < 4.78 is 19.0. The minimum absolute atomic E-state index is 0.165. The van der Waals surface area contributed by atoms with E-state index in [1.54, 1.807) is 24.4 Å². The highest BCUT2D eigenvalue weighted by molar-refractivity contribution is 5.42. The van der Waals surface area contributed by atoms with Gasteiger partial charge in [-0.25, -0.2) is 4.39 Å². The van der Waals surface area contributed by atoms with Gasteiger partial charge in [-0.2, -0.15) is 5.26 Å². The molecule has 0 saturated heterocycles. The van der Waals surface area contributed by atoms with Gasteiger partial charge in [0.1, 0.15) is 18.5 Å². The van der Waals surface area contributed by atoms with Crippen molar-refractivity contribution in [1.82, 2.24) is 4.98 Å². The summed E-state index contributed by atoms with van der Waals surface area (Å²) in [4.78, 5) is 4.35. The average Bonchev–Trinajstić information content (AvgIpc) is 2.59. The Morgan fingerprint density at radius 2 is 2.18 bits per heavy atom. The molecular weight excluding hydrogens is 279 g/mol. The second-order valence-electron chi connectivity index (χ2n) is 5.07. The third kappa shape index (κ3) is 4.05. The number of unbranched alkanes of at least 4 members (excludes halogenated alkanes) is 1. The molecule has 0 fully saturated rings. The van der Waals surface area contributed by atoms with Gasteiger partial charge >= 0.3 is 0 Å². The number of nitriles is 1. The van der Waals surface area contributed by atoms with E-state index in [1.807, 2.05) is 24.3 Å². The number of halogens is 1. The van der Waals surface area contributed by atoms with E-state index in [-0.39, 0.29) is 6.10 Å². The first kappa shape index (κ1) is 16.0. The van der Waals surface area contributed by atoms with E-state index in [9.17, 15) is 4.39 Å². The van der Waals surface area contributed by atoms with Gasteiger partial charge in [-0.3, -0.25) is 4.98 Å². The number of aromatic nitrogens is 1. The van der Waals surface area contributed by atoms with Crippen molar-refractivity contribution in [3.05, 3.63) is 59.4 Å². The van der Waals surface area contributed by atoms with Gasteiger partial charge in [0, 0.05) is 11.8 Å². The Bertz CT molecular complexity index is 637. The predicted octanol–water partition coefficient (Wildman–Crippen LogP) is 4.73. The molecule has 0 N–H and O–H groups in total. The fourth-order valence-corrected chi connectivity index (χ4v) is 2.25. The lowest BCUT2D eigenvalue weighted by molar-refractivity contribution is 0.186. The summed E-state index contributed by atoms with van der Waals surface area (Å²) in [5.41, 5.74) is 1.56. The van der Waals surface area contributed by atoms with Gasteiger partial charge < -0.3 is 4.74 Å². The summed E-state index contributed by atoms with van der Waals surface area (Å²) in [6.45, 7) is 1.45. The molecule has 2 rings (SSSR count). The minimum atomic E-state index is -0.677. The first-order valence-corrected chi connectivity index (χ1v) is 7.45. The molecule has 114 valence electrons. The normalized spacial score (nSPS) is 11.7. The van der Waals surface area contributed by atoms with Gasteiger partial charge in [0.2, 0.25) is 0 Å². The molecule has 0 amide bonds. The summed E-state index contributed by atoms with van der Waals surface area (Å²) >= 11 is 0. The van der Waals surface area contributed by atoms with E-state index in [1.165, 1.54) is 0 Å². The number of nitrogens with zero attached hydrogens (tertiary/aromatic N) is 2. The molecule has 1 aromatic heterocycles. The molecule has 0 spiro atoms. The SMILES string of the molecule is CCCCC(Oc1ccc(C#N)c(CF)c1)c1ccccn1. The Morgan fingerprint density at radius 3 is 2.82 bits per heavy atom. The van der Waals surface area contributed by atoms with Crippen molar-refractivity contribution in [1.29, 1.82) is 5.26 Å². The molecule has 1 heterocycles. The molecule has 0 bridgehead atoms. The van der Waals surface area contributed by atoms with Gasteiger partial charge in [-0.15, -0.1) is 0 Å². The molecule has 1 atom stereocenters. The Hall–Kier alpha value is -2.41. The minimum Gasteiger partial charge on any atom is -0.484 e. The number of rotatable bonds is 7. The highest BCUT2D eigenvalue weighted by Crippen LogP contribution is 2.27. The topological polar surface area (TPSA) is 45.9 Å². The molecule has 0 aliphatic carbocycles. The van der Waals surface area contributed by atoms with E-state index in [0.717, 1.165) is 25.0 Å². The number of pyridine rings is 1. The van der Waals surface area contributed by atoms with Crippen molar-refractivity contribution in [2.45, 2.75) is 39.0 Å². The van der Waals surface area contributed by atoms with Crippen molar-refractivity contribution in [2.75, 3.05) is 0 Å². The average molecular weight is 298 g/mol. The van der Waals surface area contributed by atoms with Crippen LogP contribution in [0.3, 0.4) is 0 Å². The van der Waals surface area contributed by atoms with Crippen LogP contribution in [0.4, 0.5) is 4.39 Å². The lowest BCUT2D eigenvalue weighted by Gasteiger charge is -2.19. The highest BCUT2D eigenvalue weighted by atomic mass is 19.1. The van der Waals surface area contributed by atoms with Crippen LogP contribution >= 0.6 is 0 Å². The summed E-state index contributed by atoms with van der Waals surface area (Å²) in [5.74, 6) is 0.568. The highest BCUT2D eigenvalue weighted by Gasteiger charge is 2.15. The number of alkyl halides is 1. The second kappa shape index (κ2) is 8.14. The van der Waals surface area contributed by atoms with Crippen LogP contribution in [-0.2, 0) is 6.67 Å². The van der Waals surface area contributed by atoms with Gasteiger partial charge in [0.15, 0.2) is 0 Å². The van der Waals surface area contributed by atoms with Gasteiger partial charge in [-0.05, 0) is 43.2 Å². The lowest BCUT2D eigenvalue weighted by atomic mass is 10.1. The molecule has 4 heteroatoms. The van der Waals surface area contributed by atoms with Crippen LogP contribution < -0.4 is 4.74 Å². The molecular formula is C18H19FN2O. The zero-order valence-corrected chi connectivity index (χ0v) is 12.6. The molecule has 1 unspecified atom stereocenters. The first-order valence-electron chi connectivity index (χ1n) is 7.45. The van der Waals surface area contributed by atoms with Crippen molar-refractivity contribution in [3.63, 3.8) is 0 Å². The number of ether oxygens (including phenoxy) is 1. The van der Waals surface area contributed by atoms with Gasteiger partial charge in [0.05, 0.1) is 17.3 Å². The molecule has 0 radical (unpaired) electrons. The monoisotopic (exact) mass is 298 g/mol. The molecule has 1 aromatic carbocycles. The number of benzene rings is 1. The summed E-state index contributed by atoms with van der Waals surface area (Å²) in [6.07, 6.45) is 4.51. The van der Waals surface area contributed by atoms with Crippen molar-refractivity contribution >= 4 is 0 Å². The van der Waals surface area contributed by atoms with Crippen molar-refractivity contribution < 1.29 is 9.13 Å².